The maximum Gasteiger partial charge on any atom is 0.231 e. The Morgan fingerprint density at radius 2 is 1.83 bits per heavy atom. The fourth-order valence-corrected chi connectivity index (χ4v) is 6.25. The van der Waals surface area contributed by atoms with Gasteiger partial charge in [-0.15, -0.1) is 10.2 Å². The molecule has 4 aliphatic heterocycles. The van der Waals surface area contributed by atoms with Crippen molar-refractivity contribution in [3.63, 3.8) is 0 Å². The van der Waals surface area contributed by atoms with Crippen molar-refractivity contribution < 1.29 is 19.1 Å². The molecule has 5 heterocycles. The van der Waals surface area contributed by atoms with Crippen molar-refractivity contribution in [3.05, 3.63) is 23.8 Å². The molecule has 1 aromatic carbocycles. The van der Waals surface area contributed by atoms with E-state index in [-0.39, 0.29) is 24.5 Å². The minimum Gasteiger partial charge on any atom is -0.454 e. The molecule has 6 rings (SSSR count). The molecule has 2 aromatic rings. The molecule has 1 atom stereocenters. The van der Waals surface area contributed by atoms with Gasteiger partial charge in [-0.1, -0.05) is 17.4 Å². The van der Waals surface area contributed by atoms with E-state index >= 15 is 0 Å². The summed E-state index contributed by atoms with van der Waals surface area (Å²) in [6.45, 7) is 6.61. The molecule has 11 heteroatoms. The van der Waals surface area contributed by atoms with Crippen molar-refractivity contribution >= 4 is 33.4 Å². The number of fused-ring (bicyclic) bond motifs is 1. The number of amides is 2. The van der Waals surface area contributed by atoms with E-state index in [4.69, 9.17) is 9.47 Å². The molecule has 2 amide bonds. The summed E-state index contributed by atoms with van der Waals surface area (Å²) in [6, 6.07) is 6.10. The summed E-state index contributed by atoms with van der Waals surface area (Å²) in [5, 5.41) is 10.1. The van der Waals surface area contributed by atoms with Gasteiger partial charge in [-0.25, -0.2) is 0 Å². The van der Waals surface area contributed by atoms with E-state index in [2.05, 4.69) is 32.1 Å². The Hall–Kier alpha value is -2.92. The highest BCUT2D eigenvalue weighted by molar-refractivity contribution is 7.19. The first-order chi connectivity index (χ1) is 17.1. The number of carbonyl (C=O) groups is 2. The number of piperidine rings is 1. The highest BCUT2D eigenvalue weighted by Gasteiger charge is 2.33. The van der Waals surface area contributed by atoms with Gasteiger partial charge in [0.05, 0.1) is 5.92 Å². The Morgan fingerprint density at radius 1 is 1.00 bits per heavy atom. The molecule has 35 heavy (non-hydrogen) atoms. The number of hydrogen-bond donors (Lipinski definition) is 0. The van der Waals surface area contributed by atoms with Crippen LogP contribution in [0.4, 0.5) is 10.3 Å². The van der Waals surface area contributed by atoms with Crippen LogP contribution in [0.25, 0.3) is 0 Å². The number of piperazine rings is 1. The zero-order chi connectivity index (χ0) is 23.8. The van der Waals surface area contributed by atoms with Crippen LogP contribution in [0.1, 0.15) is 31.2 Å². The number of carbonyl (C=O) groups excluding carboxylic acids is 2. The zero-order valence-electron chi connectivity index (χ0n) is 19.7. The summed E-state index contributed by atoms with van der Waals surface area (Å²) in [5.74, 6) is 1.96. The third-order valence-electron chi connectivity index (χ3n) is 7.28. The molecule has 3 fully saturated rings. The maximum atomic E-state index is 13.3. The molecule has 0 spiro atoms. The lowest BCUT2D eigenvalue weighted by molar-refractivity contribution is -0.137. The second-order valence-electron chi connectivity index (χ2n) is 9.59. The van der Waals surface area contributed by atoms with E-state index in [1.807, 2.05) is 11.0 Å². The van der Waals surface area contributed by atoms with Crippen molar-refractivity contribution in [2.75, 3.05) is 62.4 Å². The van der Waals surface area contributed by atoms with Crippen molar-refractivity contribution in [2.24, 2.45) is 5.92 Å². The van der Waals surface area contributed by atoms with Crippen LogP contribution in [0.15, 0.2) is 18.2 Å². The van der Waals surface area contributed by atoms with Crippen LogP contribution < -0.4 is 19.3 Å². The third-order valence-corrected chi connectivity index (χ3v) is 8.28. The third kappa shape index (κ3) is 4.66. The molecule has 4 aliphatic rings. The lowest BCUT2D eigenvalue weighted by Crippen LogP contribution is -2.52. The average Bonchev–Trinajstić information content (AvgIpc) is 3.65. The molecule has 0 bridgehead atoms. The van der Waals surface area contributed by atoms with Crippen molar-refractivity contribution in [1.29, 1.82) is 0 Å². The van der Waals surface area contributed by atoms with E-state index in [9.17, 15) is 9.59 Å². The fourth-order valence-electron chi connectivity index (χ4n) is 5.33. The van der Waals surface area contributed by atoms with Gasteiger partial charge < -0.3 is 19.3 Å². The van der Waals surface area contributed by atoms with Gasteiger partial charge in [-0.2, -0.15) is 0 Å². The second-order valence-corrected chi connectivity index (χ2v) is 10.5. The minimum atomic E-state index is -0.0232. The first-order valence-electron chi connectivity index (χ1n) is 12.4. The first-order valence-corrected chi connectivity index (χ1v) is 13.2. The molecule has 0 aliphatic carbocycles. The van der Waals surface area contributed by atoms with Crippen LogP contribution in [0.2, 0.25) is 0 Å². The predicted octanol–water partition coefficient (Wildman–Crippen LogP) is 1.95. The first kappa shape index (κ1) is 22.5. The average molecular weight is 499 g/mol. The Bertz CT molecular complexity index is 1100. The molecule has 0 saturated carbocycles. The topological polar surface area (TPSA) is 91.3 Å². The van der Waals surface area contributed by atoms with E-state index in [0.717, 1.165) is 81.7 Å². The highest BCUT2D eigenvalue weighted by Crippen LogP contribution is 2.34. The van der Waals surface area contributed by atoms with Crippen LogP contribution in [-0.4, -0.2) is 84.4 Å². The maximum absolute atomic E-state index is 13.3. The smallest absolute Gasteiger partial charge is 0.231 e. The lowest BCUT2D eigenvalue weighted by Gasteiger charge is -2.39. The number of hydrogen-bond acceptors (Lipinski definition) is 9. The quantitative estimate of drug-likeness (QED) is 0.618. The number of benzene rings is 1. The summed E-state index contributed by atoms with van der Waals surface area (Å²) < 4.78 is 10.9. The minimum absolute atomic E-state index is 0.0232. The summed E-state index contributed by atoms with van der Waals surface area (Å²) in [7, 11) is 0. The molecular formula is C24H30N6O4S. The molecule has 1 aromatic heterocycles. The van der Waals surface area contributed by atoms with Crippen LogP contribution in [-0.2, 0) is 16.1 Å². The molecule has 10 nitrogen and oxygen atoms in total. The monoisotopic (exact) mass is 498 g/mol. The fraction of sp³-hybridized carbons (Fsp3) is 0.583. The lowest BCUT2D eigenvalue weighted by atomic mass is 9.96. The number of ether oxygens (including phenoxy) is 2. The molecule has 0 unspecified atom stereocenters. The van der Waals surface area contributed by atoms with E-state index in [1.54, 1.807) is 4.90 Å². The Balaban J connectivity index is 1.02. The van der Waals surface area contributed by atoms with Crippen LogP contribution in [0.3, 0.4) is 0 Å². The van der Waals surface area contributed by atoms with Crippen LogP contribution in [0, 0.1) is 5.92 Å². The summed E-state index contributed by atoms with van der Waals surface area (Å²) in [6.07, 6.45) is 3.32. The SMILES string of the molecule is O=C([C@@H]1CCCN(c2nnc(N3CCCC3=O)s2)C1)N1CCN(Cc2ccc3c(c2)OCO3)CC1. The Labute approximate surface area is 208 Å². The number of rotatable bonds is 5. The van der Waals surface area contributed by atoms with Crippen LogP contribution in [0.5, 0.6) is 11.5 Å². The Kier molecular flexibility index (Phi) is 6.19. The van der Waals surface area contributed by atoms with E-state index < -0.39 is 0 Å². The highest BCUT2D eigenvalue weighted by atomic mass is 32.1. The number of aromatic nitrogens is 2. The van der Waals surface area contributed by atoms with E-state index in [1.165, 1.54) is 16.9 Å². The molecular weight excluding hydrogens is 468 g/mol. The van der Waals surface area contributed by atoms with Gasteiger partial charge in [0.25, 0.3) is 0 Å². The zero-order valence-corrected chi connectivity index (χ0v) is 20.5. The van der Waals surface area contributed by atoms with Crippen LogP contribution >= 0.6 is 11.3 Å². The van der Waals surface area contributed by atoms with Gasteiger partial charge in [-0.05, 0) is 37.0 Å². The number of nitrogens with zero attached hydrogens (tertiary/aromatic N) is 6. The van der Waals surface area contributed by atoms with E-state index in [0.29, 0.717) is 18.1 Å². The normalized spacial score (nSPS) is 22.8. The number of anilines is 2. The van der Waals surface area contributed by atoms with Gasteiger partial charge in [0.15, 0.2) is 11.5 Å². The summed E-state index contributed by atoms with van der Waals surface area (Å²) >= 11 is 1.46. The summed E-state index contributed by atoms with van der Waals surface area (Å²) in [5.41, 5.74) is 1.20. The standard InChI is InChI=1S/C24H30N6O4S/c31-21-4-2-8-30(21)24-26-25-23(35-24)29-7-1-3-18(15-29)22(32)28-11-9-27(10-12-28)14-17-5-6-19-20(13-17)34-16-33-19/h5-6,13,18H,1-4,7-12,14-16H2/t18-/m1/s1. The van der Waals surface area contributed by atoms with Crippen molar-refractivity contribution in [2.45, 2.75) is 32.2 Å². The largest absolute Gasteiger partial charge is 0.454 e. The molecule has 0 N–H and O–H groups in total. The molecule has 0 radical (unpaired) electrons. The van der Waals surface area contributed by atoms with Gasteiger partial charge >= 0.3 is 0 Å². The van der Waals surface area contributed by atoms with Gasteiger partial charge in [0.1, 0.15) is 0 Å². The van der Waals surface area contributed by atoms with Crippen molar-refractivity contribution in [3.8, 4) is 11.5 Å². The molecule has 186 valence electrons. The van der Waals surface area contributed by atoms with Crippen molar-refractivity contribution in [1.82, 2.24) is 20.0 Å². The van der Waals surface area contributed by atoms with Gasteiger partial charge in [0, 0.05) is 58.8 Å². The van der Waals surface area contributed by atoms with Gasteiger partial charge in [0.2, 0.25) is 28.9 Å². The predicted molar refractivity (Wildman–Crippen MR) is 131 cm³/mol. The second kappa shape index (κ2) is 9.62. The van der Waals surface area contributed by atoms with Gasteiger partial charge in [-0.3, -0.25) is 19.4 Å². The Morgan fingerprint density at radius 3 is 2.66 bits per heavy atom. The molecule has 3 saturated heterocycles. The summed E-state index contributed by atoms with van der Waals surface area (Å²) in [4.78, 5) is 33.7.